The van der Waals surface area contributed by atoms with Crippen LogP contribution in [0, 0.1) is 13.8 Å². The van der Waals surface area contributed by atoms with Crippen LogP contribution in [0.3, 0.4) is 0 Å². The molecule has 0 unspecified atom stereocenters. The summed E-state index contributed by atoms with van der Waals surface area (Å²) in [6, 6.07) is 5.74. The van der Waals surface area contributed by atoms with Crippen LogP contribution in [0.4, 0.5) is 10.5 Å². The summed E-state index contributed by atoms with van der Waals surface area (Å²) in [4.78, 5) is 28.0. The van der Waals surface area contributed by atoms with Crippen LogP contribution in [-0.4, -0.2) is 60.6 Å². The van der Waals surface area contributed by atoms with E-state index in [4.69, 9.17) is 4.74 Å². The van der Waals surface area contributed by atoms with Crippen molar-refractivity contribution in [3.8, 4) is 0 Å². The van der Waals surface area contributed by atoms with E-state index in [2.05, 4.69) is 16.3 Å². The standard InChI is InChI=1S/C18H27N3O3/c1-5-24-18(23)21-10-8-20(9-11-21)15(4)17(22)19-16-7-6-13(2)12-14(16)3/h6-7,12,15H,5,8-11H2,1-4H3,(H,19,22)/t15-/m0/s1. The second-order valence-electron chi connectivity index (χ2n) is 6.21. The highest BCUT2D eigenvalue weighted by molar-refractivity contribution is 5.95. The Hall–Kier alpha value is -2.08. The van der Waals surface area contributed by atoms with Gasteiger partial charge >= 0.3 is 6.09 Å². The molecule has 0 bridgehead atoms. The van der Waals surface area contributed by atoms with E-state index in [-0.39, 0.29) is 18.0 Å². The molecule has 0 radical (unpaired) electrons. The fourth-order valence-electron chi connectivity index (χ4n) is 2.86. The Bertz CT molecular complexity index is 595. The summed E-state index contributed by atoms with van der Waals surface area (Å²) in [6.45, 7) is 10.6. The third-order valence-electron chi connectivity index (χ3n) is 4.41. The van der Waals surface area contributed by atoms with Gasteiger partial charge in [0.2, 0.25) is 5.91 Å². The molecule has 0 aromatic heterocycles. The molecule has 0 saturated carbocycles. The first-order valence-corrected chi connectivity index (χ1v) is 8.46. The normalized spacial score (nSPS) is 16.6. The van der Waals surface area contributed by atoms with Crippen molar-refractivity contribution in [3.05, 3.63) is 29.3 Å². The molecule has 0 spiro atoms. The largest absolute Gasteiger partial charge is 0.450 e. The van der Waals surface area contributed by atoms with Gasteiger partial charge in [-0.3, -0.25) is 9.69 Å². The summed E-state index contributed by atoms with van der Waals surface area (Å²) in [5.74, 6) is -0.0217. The number of anilines is 1. The number of carbonyl (C=O) groups is 2. The third-order valence-corrected chi connectivity index (χ3v) is 4.41. The number of nitrogens with one attached hydrogen (secondary N) is 1. The van der Waals surface area contributed by atoms with E-state index in [0.717, 1.165) is 11.3 Å². The van der Waals surface area contributed by atoms with E-state index in [1.54, 1.807) is 11.8 Å². The summed E-state index contributed by atoms with van der Waals surface area (Å²) in [5, 5.41) is 3.00. The number of carbonyl (C=O) groups excluding carboxylic acids is 2. The Morgan fingerprint density at radius 2 is 1.88 bits per heavy atom. The molecule has 1 N–H and O–H groups in total. The first-order valence-electron chi connectivity index (χ1n) is 8.46. The maximum atomic E-state index is 12.5. The fraction of sp³-hybridized carbons (Fsp3) is 0.556. The minimum Gasteiger partial charge on any atom is -0.450 e. The highest BCUT2D eigenvalue weighted by Crippen LogP contribution is 2.17. The Morgan fingerprint density at radius 1 is 1.21 bits per heavy atom. The fourth-order valence-corrected chi connectivity index (χ4v) is 2.86. The minimum atomic E-state index is -0.274. The van der Waals surface area contributed by atoms with Crippen molar-refractivity contribution in [2.75, 3.05) is 38.1 Å². The van der Waals surface area contributed by atoms with Crippen molar-refractivity contribution in [1.82, 2.24) is 9.80 Å². The lowest BCUT2D eigenvalue weighted by atomic mass is 10.1. The van der Waals surface area contributed by atoms with Gasteiger partial charge in [-0.25, -0.2) is 4.79 Å². The summed E-state index contributed by atoms with van der Waals surface area (Å²) in [7, 11) is 0. The molecule has 2 rings (SSSR count). The van der Waals surface area contributed by atoms with Gasteiger partial charge in [0.05, 0.1) is 12.6 Å². The van der Waals surface area contributed by atoms with Gasteiger partial charge in [-0.15, -0.1) is 0 Å². The monoisotopic (exact) mass is 333 g/mol. The van der Waals surface area contributed by atoms with Crippen LogP contribution >= 0.6 is 0 Å². The van der Waals surface area contributed by atoms with Gasteiger partial charge < -0.3 is 15.0 Å². The van der Waals surface area contributed by atoms with Crippen molar-refractivity contribution < 1.29 is 14.3 Å². The number of hydrogen-bond acceptors (Lipinski definition) is 4. The maximum absolute atomic E-state index is 12.5. The number of benzene rings is 1. The summed E-state index contributed by atoms with van der Waals surface area (Å²) in [6.07, 6.45) is -0.274. The lowest BCUT2D eigenvalue weighted by Crippen LogP contribution is -2.54. The van der Waals surface area contributed by atoms with Crippen molar-refractivity contribution in [1.29, 1.82) is 0 Å². The molecule has 1 heterocycles. The van der Waals surface area contributed by atoms with Gasteiger partial charge in [-0.2, -0.15) is 0 Å². The Morgan fingerprint density at radius 3 is 2.46 bits per heavy atom. The minimum absolute atomic E-state index is 0.0217. The number of ether oxygens (including phenoxy) is 1. The Balaban J connectivity index is 1.89. The van der Waals surface area contributed by atoms with Gasteiger partial charge in [0, 0.05) is 31.9 Å². The molecule has 0 aliphatic carbocycles. The van der Waals surface area contributed by atoms with E-state index >= 15 is 0 Å². The average Bonchev–Trinajstić information content (AvgIpc) is 2.57. The number of piperazine rings is 1. The summed E-state index contributed by atoms with van der Waals surface area (Å²) < 4.78 is 5.02. The van der Waals surface area contributed by atoms with Crippen LogP contribution in [0.15, 0.2) is 18.2 Å². The molecular formula is C18H27N3O3. The molecular weight excluding hydrogens is 306 g/mol. The van der Waals surface area contributed by atoms with Gasteiger partial charge in [0.15, 0.2) is 0 Å². The Kier molecular flexibility index (Phi) is 6.20. The van der Waals surface area contributed by atoms with Crippen LogP contribution in [0.25, 0.3) is 0 Å². The molecule has 1 fully saturated rings. The lowest BCUT2D eigenvalue weighted by Gasteiger charge is -2.36. The zero-order valence-electron chi connectivity index (χ0n) is 15.0. The zero-order valence-corrected chi connectivity index (χ0v) is 15.0. The molecule has 1 aromatic rings. The molecule has 132 valence electrons. The first kappa shape index (κ1) is 18.3. The molecule has 1 atom stereocenters. The highest BCUT2D eigenvalue weighted by Gasteiger charge is 2.28. The van der Waals surface area contributed by atoms with Crippen molar-refractivity contribution in [3.63, 3.8) is 0 Å². The second-order valence-corrected chi connectivity index (χ2v) is 6.21. The number of hydrogen-bond donors (Lipinski definition) is 1. The summed E-state index contributed by atoms with van der Waals surface area (Å²) in [5.41, 5.74) is 3.08. The zero-order chi connectivity index (χ0) is 17.7. The SMILES string of the molecule is CCOC(=O)N1CCN([C@@H](C)C(=O)Nc2ccc(C)cc2C)CC1. The Labute approximate surface area is 143 Å². The van der Waals surface area contributed by atoms with Gasteiger partial charge in [0.1, 0.15) is 0 Å². The molecule has 6 heteroatoms. The third kappa shape index (κ3) is 4.47. The first-order chi connectivity index (χ1) is 11.4. The molecule has 1 saturated heterocycles. The highest BCUT2D eigenvalue weighted by atomic mass is 16.6. The smallest absolute Gasteiger partial charge is 0.409 e. The lowest BCUT2D eigenvalue weighted by molar-refractivity contribution is -0.121. The van der Waals surface area contributed by atoms with E-state index in [1.807, 2.05) is 32.9 Å². The summed E-state index contributed by atoms with van der Waals surface area (Å²) >= 11 is 0. The van der Waals surface area contributed by atoms with Gasteiger partial charge in [0.25, 0.3) is 0 Å². The van der Waals surface area contributed by atoms with Crippen molar-refractivity contribution in [2.24, 2.45) is 0 Å². The topological polar surface area (TPSA) is 61.9 Å². The second kappa shape index (κ2) is 8.15. The predicted octanol–water partition coefficient (Wildman–Crippen LogP) is 2.40. The molecule has 6 nitrogen and oxygen atoms in total. The molecule has 2 amide bonds. The molecule has 1 aliphatic heterocycles. The van der Waals surface area contributed by atoms with Crippen molar-refractivity contribution in [2.45, 2.75) is 33.7 Å². The van der Waals surface area contributed by atoms with Crippen LogP contribution in [0.1, 0.15) is 25.0 Å². The molecule has 24 heavy (non-hydrogen) atoms. The van der Waals surface area contributed by atoms with Crippen LogP contribution in [0.5, 0.6) is 0 Å². The van der Waals surface area contributed by atoms with E-state index in [9.17, 15) is 9.59 Å². The van der Waals surface area contributed by atoms with E-state index in [0.29, 0.717) is 32.8 Å². The van der Waals surface area contributed by atoms with Gasteiger partial charge in [-0.05, 0) is 39.3 Å². The number of rotatable bonds is 4. The molecule has 1 aromatic carbocycles. The maximum Gasteiger partial charge on any atom is 0.409 e. The van der Waals surface area contributed by atoms with Gasteiger partial charge in [-0.1, -0.05) is 17.7 Å². The number of nitrogens with zero attached hydrogens (tertiary/aromatic N) is 2. The number of amides is 2. The van der Waals surface area contributed by atoms with E-state index in [1.165, 1.54) is 5.56 Å². The average molecular weight is 333 g/mol. The molecule has 1 aliphatic rings. The van der Waals surface area contributed by atoms with Crippen LogP contribution < -0.4 is 5.32 Å². The van der Waals surface area contributed by atoms with E-state index < -0.39 is 0 Å². The van der Waals surface area contributed by atoms with Crippen molar-refractivity contribution >= 4 is 17.7 Å². The predicted molar refractivity (Wildman–Crippen MR) is 94.2 cm³/mol. The quantitative estimate of drug-likeness (QED) is 0.919. The van der Waals surface area contributed by atoms with Crippen LogP contribution in [0.2, 0.25) is 0 Å². The van der Waals surface area contributed by atoms with Crippen LogP contribution in [-0.2, 0) is 9.53 Å². The number of aryl methyl sites for hydroxylation is 2.